The van der Waals surface area contributed by atoms with Gasteiger partial charge in [0.2, 0.25) is 5.88 Å². The molecule has 3 rings (SSSR count). The predicted octanol–water partition coefficient (Wildman–Crippen LogP) is 2.99. The Balaban J connectivity index is 2.25. The van der Waals surface area contributed by atoms with E-state index in [0.717, 1.165) is 12.0 Å². The zero-order valence-electron chi connectivity index (χ0n) is 14.9. The molecule has 0 radical (unpaired) electrons. The molecular formula is C20H22N4O2. The third kappa shape index (κ3) is 3.06. The van der Waals surface area contributed by atoms with Crippen LogP contribution in [0.25, 0.3) is 0 Å². The van der Waals surface area contributed by atoms with Crippen LogP contribution in [-0.2, 0) is 6.54 Å². The molecule has 6 heteroatoms. The number of carbonyl (C=O) groups excluding carboxylic acids is 1. The number of carbonyl (C=O) groups is 1. The highest BCUT2D eigenvalue weighted by Gasteiger charge is 2.29. The summed E-state index contributed by atoms with van der Waals surface area (Å²) in [4.78, 5) is 20.9. The number of aromatic nitrogens is 2. The summed E-state index contributed by atoms with van der Waals surface area (Å²) in [7, 11) is 0. The van der Waals surface area contributed by atoms with Crippen molar-refractivity contribution >= 4 is 12.0 Å². The summed E-state index contributed by atoms with van der Waals surface area (Å²) >= 11 is 0. The van der Waals surface area contributed by atoms with Crippen molar-refractivity contribution in [1.82, 2.24) is 14.9 Å². The number of aldehydes is 1. The van der Waals surface area contributed by atoms with E-state index >= 15 is 0 Å². The second-order valence-corrected chi connectivity index (χ2v) is 5.79. The lowest BCUT2D eigenvalue weighted by Crippen LogP contribution is -2.20. The van der Waals surface area contributed by atoms with E-state index in [9.17, 15) is 9.90 Å². The number of hydrogen-bond donors (Lipinski definition) is 2. The summed E-state index contributed by atoms with van der Waals surface area (Å²) in [5, 5.41) is 14.2. The van der Waals surface area contributed by atoms with Gasteiger partial charge in [-0.05, 0) is 38.3 Å². The first-order valence-electron chi connectivity index (χ1n) is 8.69. The van der Waals surface area contributed by atoms with Crippen LogP contribution in [0.15, 0.2) is 53.8 Å². The molecule has 26 heavy (non-hydrogen) atoms. The van der Waals surface area contributed by atoms with Gasteiger partial charge in [0.05, 0.1) is 34.3 Å². The fourth-order valence-electron chi connectivity index (χ4n) is 3.22. The minimum Gasteiger partial charge on any atom is -0.494 e. The Bertz CT molecular complexity index is 879. The van der Waals surface area contributed by atoms with Gasteiger partial charge in [0.15, 0.2) is 6.29 Å². The highest BCUT2D eigenvalue weighted by molar-refractivity contribution is 6.17. The van der Waals surface area contributed by atoms with Crippen LogP contribution in [0.1, 0.15) is 47.2 Å². The molecule has 0 saturated carbocycles. The number of aromatic hydroxyl groups is 1. The quantitative estimate of drug-likeness (QED) is 0.620. The number of allylic oxidation sites excluding steroid dienone is 2. The molecule has 0 aromatic carbocycles. The lowest BCUT2D eigenvalue weighted by Gasteiger charge is -2.19. The molecule has 2 aromatic rings. The molecule has 0 bridgehead atoms. The van der Waals surface area contributed by atoms with Crippen LogP contribution < -0.4 is 5.32 Å². The average molecular weight is 350 g/mol. The molecule has 2 N–H and O–H groups in total. The SMILES string of the molecule is CCN=C(c1ccccn1)c1c(C=O)c(C2C=CC=CN2)n(CC)c1O. The van der Waals surface area contributed by atoms with Crippen LogP contribution in [0.3, 0.4) is 0 Å². The van der Waals surface area contributed by atoms with Crippen molar-refractivity contribution < 1.29 is 9.90 Å². The summed E-state index contributed by atoms with van der Waals surface area (Å²) in [6, 6.07) is 5.30. The number of nitrogens with zero attached hydrogens (tertiary/aromatic N) is 3. The van der Waals surface area contributed by atoms with Crippen molar-refractivity contribution in [1.29, 1.82) is 0 Å². The lowest BCUT2D eigenvalue weighted by atomic mass is 10.00. The first-order chi connectivity index (χ1) is 12.7. The van der Waals surface area contributed by atoms with Gasteiger partial charge in [0.1, 0.15) is 0 Å². The Labute approximate surface area is 152 Å². The molecule has 0 saturated heterocycles. The van der Waals surface area contributed by atoms with Gasteiger partial charge in [-0.25, -0.2) is 0 Å². The van der Waals surface area contributed by atoms with E-state index in [-0.39, 0.29) is 11.9 Å². The molecule has 1 aliphatic heterocycles. The highest BCUT2D eigenvalue weighted by Crippen LogP contribution is 2.34. The Morgan fingerprint density at radius 1 is 1.38 bits per heavy atom. The van der Waals surface area contributed by atoms with E-state index < -0.39 is 0 Å². The summed E-state index contributed by atoms with van der Waals surface area (Å²) < 4.78 is 1.74. The molecule has 0 amide bonds. The van der Waals surface area contributed by atoms with Gasteiger partial charge in [-0.2, -0.15) is 0 Å². The summed E-state index contributed by atoms with van der Waals surface area (Å²) in [5.74, 6) is 0.0345. The number of hydrogen-bond acceptors (Lipinski definition) is 5. The largest absolute Gasteiger partial charge is 0.494 e. The fraction of sp³-hybridized carbons (Fsp3) is 0.250. The first-order valence-corrected chi connectivity index (χ1v) is 8.69. The van der Waals surface area contributed by atoms with Gasteiger partial charge in [0, 0.05) is 19.3 Å². The van der Waals surface area contributed by atoms with Gasteiger partial charge in [-0.3, -0.25) is 14.8 Å². The topological polar surface area (TPSA) is 79.5 Å². The molecule has 134 valence electrons. The van der Waals surface area contributed by atoms with E-state index in [4.69, 9.17) is 0 Å². The molecule has 1 atom stereocenters. The minimum absolute atomic E-state index is 0.0345. The van der Waals surface area contributed by atoms with Crippen LogP contribution >= 0.6 is 0 Å². The summed E-state index contributed by atoms with van der Waals surface area (Å²) in [5.41, 5.74) is 2.73. The fourth-order valence-corrected chi connectivity index (χ4v) is 3.22. The molecule has 3 heterocycles. The van der Waals surface area contributed by atoms with Crippen LogP contribution in [0, 0.1) is 0 Å². The molecule has 0 spiro atoms. The van der Waals surface area contributed by atoms with Gasteiger partial charge < -0.3 is 15.0 Å². The molecule has 6 nitrogen and oxygen atoms in total. The number of rotatable bonds is 6. The molecule has 2 aromatic heterocycles. The average Bonchev–Trinajstić information content (AvgIpc) is 2.98. The second-order valence-electron chi connectivity index (χ2n) is 5.79. The van der Waals surface area contributed by atoms with E-state index in [2.05, 4.69) is 15.3 Å². The minimum atomic E-state index is -0.202. The number of dihydropyridines is 1. The maximum atomic E-state index is 12.0. The summed E-state index contributed by atoms with van der Waals surface area (Å²) in [6.07, 6.45) is 10.0. The van der Waals surface area contributed by atoms with E-state index in [0.29, 0.717) is 35.6 Å². The highest BCUT2D eigenvalue weighted by atomic mass is 16.3. The molecule has 0 aliphatic carbocycles. The second kappa shape index (κ2) is 7.82. The first kappa shape index (κ1) is 17.7. The van der Waals surface area contributed by atoms with Crippen LogP contribution in [0.4, 0.5) is 0 Å². The Kier molecular flexibility index (Phi) is 5.31. The normalized spacial score (nSPS) is 16.5. The molecule has 1 aliphatic rings. The molecule has 0 fully saturated rings. The Hall–Kier alpha value is -3.15. The van der Waals surface area contributed by atoms with Crippen LogP contribution in [0.5, 0.6) is 5.88 Å². The van der Waals surface area contributed by atoms with Crippen LogP contribution in [0.2, 0.25) is 0 Å². The van der Waals surface area contributed by atoms with E-state index in [1.54, 1.807) is 10.8 Å². The van der Waals surface area contributed by atoms with E-state index in [1.165, 1.54) is 0 Å². The Morgan fingerprint density at radius 3 is 2.81 bits per heavy atom. The number of aliphatic imine (C=N–C) groups is 1. The zero-order chi connectivity index (χ0) is 18.5. The smallest absolute Gasteiger partial charge is 0.201 e. The van der Waals surface area contributed by atoms with E-state index in [1.807, 2.05) is 56.5 Å². The van der Waals surface area contributed by atoms with Gasteiger partial charge in [-0.15, -0.1) is 0 Å². The van der Waals surface area contributed by atoms with Crippen molar-refractivity contribution in [2.75, 3.05) is 6.54 Å². The van der Waals surface area contributed by atoms with Crippen LogP contribution in [-0.4, -0.2) is 33.2 Å². The van der Waals surface area contributed by atoms with Gasteiger partial charge >= 0.3 is 0 Å². The maximum Gasteiger partial charge on any atom is 0.201 e. The standard InChI is InChI=1S/C20H22N4O2/c1-3-21-18(15-9-5-7-11-22-15)17-14(13-25)19(24(4-2)20(17)26)16-10-6-8-12-23-16/h5-13,16,23,26H,3-4H2,1-2H3. The monoisotopic (exact) mass is 350 g/mol. The number of pyridine rings is 1. The van der Waals surface area contributed by atoms with Gasteiger partial charge in [0.25, 0.3) is 0 Å². The van der Waals surface area contributed by atoms with Crippen molar-refractivity contribution in [2.45, 2.75) is 26.4 Å². The third-order valence-electron chi connectivity index (χ3n) is 4.29. The van der Waals surface area contributed by atoms with Crippen molar-refractivity contribution in [3.63, 3.8) is 0 Å². The zero-order valence-corrected chi connectivity index (χ0v) is 14.9. The van der Waals surface area contributed by atoms with Crippen molar-refractivity contribution in [2.24, 2.45) is 4.99 Å². The maximum absolute atomic E-state index is 12.0. The lowest BCUT2D eigenvalue weighted by molar-refractivity contribution is 0.112. The molecular weight excluding hydrogens is 328 g/mol. The third-order valence-corrected chi connectivity index (χ3v) is 4.29. The summed E-state index contributed by atoms with van der Waals surface area (Å²) in [6.45, 7) is 4.88. The predicted molar refractivity (Wildman–Crippen MR) is 102 cm³/mol. The molecule has 1 unspecified atom stereocenters. The Morgan fingerprint density at radius 2 is 2.23 bits per heavy atom. The van der Waals surface area contributed by atoms with Crippen molar-refractivity contribution in [3.05, 3.63) is 71.3 Å². The number of nitrogens with one attached hydrogen (secondary N) is 1. The van der Waals surface area contributed by atoms with Crippen molar-refractivity contribution in [3.8, 4) is 5.88 Å². The van der Waals surface area contributed by atoms with Gasteiger partial charge in [-0.1, -0.05) is 18.2 Å².